The molecule has 0 saturated heterocycles. The smallest absolute Gasteiger partial charge is 0.333 e. The van der Waals surface area contributed by atoms with Crippen LogP contribution in [0.1, 0.15) is 40.2 Å². The molecule has 7 nitrogen and oxygen atoms in total. The van der Waals surface area contributed by atoms with Gasteiger partial charge < -0.3 is 4.84 Å². The Balaban J connectivity index is 1.30. The van der Waals surface area contributed by atoms with Crippen LogP contribution in [0.15, 0.2) is 96.4 Å². The summed E-state index contributed by atoms with van der Waals surface area (Å²) in [4.78, 5) is 38.7. The predicted molar refractivity (Wildman–Crippen MR) is 149 cm³/mol. The number of carbonyl (C=O) groups excluding carboxylic acids is 2. The van der Waals surface area contributed by atoms with Gasteiger partial charge in [0.15, 0.2) is 5.92 Å². The maximum absolute atomic E-state index is 13.9. The second-order valence-electron chi connectivity index (χ2n) is 9.84. The van der Waals surface area contributed by atoms with Crippen molar-refractivity contribution in [2.45, 2.75) is 25.3 Å². The number of aromatic nitrogens is 2. The normalized spacial score (nSPS) is 16.9. The third-order valence-electron chi connectivity index (χ3n) is 6.97. The summed E-state index contributed by atoms with van der Waals surface area (Å²) in [6.07, 6.45) is 7.48. The maximum Gasteiger partial charge on any atom is 0.333 e. The molecule has 3 heterocycles. The third-order valence-corrected chi connectivity index (χ3v) is 7.19. The van der Waals surface area contributed by atoms with Crippen LogP contribution in [0.4, 0.5) is 5.82 Å². The fourth-order valence-electron chi connectivity index (χ4n) is 4.71. The fraction of sp³-hybridized carbons (Fsp3) is 0.194. The zero-order valence-corrected chi connectivity index (χ0v) is 21.9. The first-order valence-corrected chi connectivity index (χ1v) is 13.3. The summed E-state index contributed by atoms with van der Waals surface area (Å²) in [5.41, 5.74) is 4.21. The van der Waals surface area contributed by atoms with Crippen LogP contribution in [-0.4, -0.2) is 29.6 Å². The van der Waals surface area contributed by atoms with Crippen molar-refractivity contribution in [1.82, 2.24) is 4.98 Å². The van der Waals surface area contributed by atoms with E-state index >= 15 is 0 Å². The summed E-state index contributed by atoms with van der Waals surface area (Å²) in [5, 5.41) is 4.48. The van der Waals surface area contributed by atoms with Crippen molar-refractivity contribution in [2.75, 3.05) is 11.5 Å². The third kappa shape index (κ3) is 5.45. The van der Waals surface area contributed by atoms with Crippen molar-refractivity contribution in [3.8, 4) is 11.1 Å². The van der Waals surface area contributed by atoms with E-state index in [1.54, 1.807) is 46.3 Å². The molecule has 0 radical (unpaired) electrons. The number of nitrogens with zero attached hydrogens (tertiary/aromatic N) is 4. The van der Waals surface area contributed by atoms with E-state index in [1.807, 2.05) is 60.7 Å². The monoisotopic (exact) mass is 537 g/mol. The van der Waals surface area contributed by atoms with Gasteiger partial charge in [0.2, 0.25) is 0 Å². The average Bonchev–Trinajstić information content (AvgIpc) is 3.80. The number of amides is 1. The van der Waals surface area contributed by atoms with Gasteiger partial charge in [0.1, 0.15) is 18.3 Å². The number of oxime groups is 1. The van der Waals surface area contributed by atoms with Crippen LogP contribution in [0.3, 0.4) is 0 Å². The van der Waals surface area contributed by atoms with Gasteiger partial charge in [-0.2, -0.15) is 9.47 Å². The molecule has 2 aromatic carbocycles. The molecule has 0 spiro atoms. The van der Waals surface area contributed by atoms with E-state index in [0.717, 1.165) is 22.3 Å². The number of carbonyl (C=O) groups is 2. The molecule has 0 N–H and O–H groups in total. The van der Waals surface area contributed by atoms with Gasteiger partial charge >= 0.3 is 11.8 Å². The van der Waals surface area contributed by atoms with Crippen LogP contribution in [0.2, 0.25) is 5.15 Å². The molecule has 1 atom stereocenters. The molecular weight excluding hydrogens is 512 g/mol. The molecule has 194 valence electrons. The van der Waals surface area contributed by atoms with E-state index in [4.69, 9.17) is 16.4 Å². The number of hydrogen-bond acceptors (Lipinski definition) is 5. The summed E-state index contributed by atoms with van der Waals surface area (Å²) in [6.45, 7) is 0.926. The first-order valence-electron chi connectivity index (χ1n) is 12.9. The van der Waals surface area contributed by atoms with Crippen LogP contribution in [0.25, 0.3) is 11.1 Å². The molecule has 1 amide bonds. The number of pyridine rings is 2. The number of benzene rings is 2. The molecule has 2 aromatic heterocycles. The van der Waals surface area contributed by atoms with E-state index in [0.29, 0.717) is 29.1 Å². The molecular formula is C31H26ClN4O3+. The van der Waals surface area contributed by atoms with Gasteiger partial charge in [-0.1, -0.05) is 65.3 Å². The van der Waals surface area contributed by atoms with Crippen molar-refractivity contribution in [2.24, 2.45) is 11.1 Å². The van der Waals surface area contributed by atoms with Crippen molar-refractivity contribution in [1.29, 1.82) is 0 Å². The highest BCUT2D eigenvalue weighted by Crippen LogP contribution is 2.31. The molecule has 1 aliphatic heterocycles. The second-order valence-corrected chi connectivity index (χ2v) is 10.2. The van der Waals surface area contributed by atoms with E-state index < -0.39 is 5.92 Å². The fourth-order valence-corrected chi connectivity index (χ4v) is 4.82. The quantitative estimate of drug-likeness (QED) is 0.0988. The van der Waals surface area contributed by atoms with E-state index in [2.05, 4.69) is 10.1 Å². The Morgan fingerprint density at radius 1 is 1.00 bits per heavy atom. The Morgan fingerprint density at radius 2 is 1.82 bits per heavy atom. The minimum absolute atomic E-state index is 0.265. The average molecular weight is 538 g/mol. The molecule has 1 saturated carbocycles. The van der Waals surface area contributed by atoms with E-state index in [1.165, 1.54) is 12.8 Å². The van der Waals surface area contributed by atoms with Crippen molar-refractivity contribution >= 4 is 35.4 Å². The topological polar surface area (TPSA) is 75.7 Å². The molecule has 6 rings (SSSR count). The Hall–Kier alpha value is -4.36. The van der Waals surface area contributed by atoms with Crippen LogP contribution in [-0.2, 0) is 16.2 Å². The number of hydrogen-bond donors (Lipinski definition) is 0. The van der Waals surface area contributed by atoms with E-state index in [-0.39, 0.29) is 18.4 Å². The van der Waals surface area contributed by atoms with Gasteiger partial charge in [-0.05, 0) is 65.3 Å². The standard InChI is InChI=1S/C31H26ClN4O3/c32-27-13-12-23(17-33-27)19-36-28-9-1-2-14-35(28)30(37)29(31(36)38)26-8-4-7-25(16-26)24-6-3-5-22(15-24)18-34-39-20-21-10-11-21/h1-9,12-18,21,29H,10-11,19-20H2/q+1/b34-18+. The van der Waals surface area contributed by atoms with Crippen molar-refractivity contribution in [3.05, 3.63) is 113 Å². The molecule has 8 heteroatoms. The van der Waals surface area contributed by atoms with Crippen LogP contribution >= 0.6 is 11.6 Å². The highest BCUT2D eigenvalue weighted by molar-refractivity contribution is 6.29. The van der Waals surface area contributed by atoms with Crippen LogP contribution in [0, 0.1) is 5.92 Å². The lowest BCUT2D eigenvalue weighted by Gasteiger charge is -2.26. The van der Waals surface area contributed by atoms with Gasteiger partial charge in [-0.25, -0.2) is 14.6 Å². The lowest BCUT2D eigenvalue weighted by molar-refractivity contribution is -0.563. The minimum atomic E-state index is -0.981. The number of rotatable bonds is 8. The molecule has 1 fully saturated rings. The molecule has 2 aliphatic rings. The minimum Gasteiger partial charge on any atom is -0.396 e. The summed E-state index contributed by atoms with van der Waals surface area (Å²) in [5.74, 6) is -0.388. The van der Waals surface area contributed by atoms with Gasteiger partial charge in [-0.15, -0.1) is 0 Å². The SMILES string of the molecule is O=C1C(c2cccc(-c3cccc(/C=N/OCC4CC4)c3)c2)C(=O)[n+]2ccccc2N1Cc1ccc(Cl)nc1. The molecule has 0 bridgehead atoms. The van der Waals surface area contributed by atoms with Gasteiger partial charge in [0.25, 0.3) is 5.82 Å². The molecule has 4 aromatic rings. The lowest BCUT2D eigenvalue weighted by atomic mass is 9.91. The largest absolute Gasteiger partial charge is 0.396 e. The first kappa shape index (κ1) is 24.9. The molecule has 1 aliphatic carbocycles. The van der Waals surface area contributed by atoms with Crippen LogP contribution in [0.5, 0.6) is 0 Å². The first-order chi connectivity index (χ1) is 19.1. The lowest BCUT2D eigenvalue weighted by Crippen LogP contribution is -2.59. The number of halogens is 1. The zero-order valence-electron chi connectivity index (χ0n) is 21.1. The Labute approximate surface area is 231 Å². The highest BCUT2D eigenvalue weighted by atomic mass is 35.5. The Kier molecular flexibility index (Phi) is 6.90. The Morgan fingerprint density at radius 3 is 2.62 bits per heavy atom. The van der Waals surface area contributed by atoms with E-state index in [9.17, 15) is 9.59 Å². The summed E-state index contributed by atoms with van der Waals surface area (Å²) < 4.78 is 1.54. The summed E-state index contributed by atoms with van der Waals surface area (Å²) >= 11 is 5.95. The number of fused-ring (bicyclic) bond motifs is 1. The van der Waals surface area contributed by atoms with Gasteiger partial charge in [0.05, 0.1) is 12.4 Å². The van der Waals surface area contributed by atoms with Crippen molar-refractivity contribution < 1.29 is 19.0 Å². The molecule has 1 unspecified atom stereocenters. The molecule has 39 heavy (non-hydrogen) atoms. The van der Waals surface area contributed by atoms with Crippen molar-refractivity contribution in [3.63, 3.8) is 0 Å². The summed E-state index contributed by atoms with van der Waals surface area (Å²) in [6, 6.07) is 24.4. The highest BCUT2D eigenvalue weighted by Gasteiger charge is 2.47. The predicted octanol–water partition coefficient (Wildman–Crippen LogP) is 5.42. The second kappa shape index (κ2) is 10.8. The summed E-state index contributed by atoms with van der Waals surface area (Å²) in [7, 11) is 0. The Bertz CT molecular complexity index is 1570. The number of anilines is 1. The maximum atomic E-state index is 13.9. The zero-order chi connectivity index (χ0) is 26.8. The van der Waals surface area contributed by atoms with Gasteiger partial charge in [-0.3, -0.25) is 0 Å². The van der Waals surface area contributed by atoms with Crippen LogP contribution < -0.4 is 9.47 Å². The van der Waals surface area contributed by atoms with Gasteiger partial charge in [0, 0.05) is 17.8 Å².